The lowest BCUT2D eigenvalue weighted by Gasteiger charge is -2.31. The summed E-state index contributed by atoms with van der Waals surface area (Å²) in [5, 5.41) is 3.50. The summed E-state index contributed by atoms with van der Waals surface area (Å²) >= 11 is 6.01. The third-order valence-corrected chi connectivity index (χ3v) is 5.00. The van der Waals surface area contributed by atoms with Crippen LogP contribution in [0.25, 0.3) is 0 Å². The van der Waals surface area contributed by atoms with Crippen LogP contribution in [0.15, 0.2) is 64.5 Å². The molecule has 0 amide bonds. The average Bonchev–Trinajstić information content (AvgIpc) is 3.00. The van der Waals surface area contributed by atoms with Crippen molar-refractivity contribution >= 4 is 17.4 Å². The fourth-order valence-corrected chi connectivity index (χ4v) is 3.74. The number of amidine groups is 1. The van der Waals surface area contributed by atoms with Gasteiger partial charge >= 0.3 is 0 Å². The van der Waals surface area contributed by atoms with Crippen molar-refractivity contribution in [1.29, 1.82) is 0 Å². The third kappa shape index (κ3) is 3.07. The molecule has 28 heavy (non-hydrogen) atoms. The highest BCUT2D eigenvalue weighted by molar-refractivity contribution is 6.30. The quantitative estimate of drug-likeness (QED) is 0.662. The molecule has 0 radical (unpaired) electrons. The molecule has 0 saturated carbocycles. The van der Waals surface area contributed by atoms with E-state index in [1.807, 2.05) is 6.92 Å². The highest BCUT2D eigenvalue weighted by atomic mass is 35.5. The summed E-state index contributed by atoms with van der Waals surface area (Å²) in [6.07, 6.45) is 1.36. The van der Waals surface area contributed by atoms with E-state index in [1.165, 1.54) is 30.5 Å². The fourth-order valence-electron chi connectivity index (χ4n) is 3.53. The summed E-state index contributed by atoms with van der Waals surface area (Å²) in [6, 6.07) is 11.3. The lowest BCUT2D eigenvalue weighted by Crippen LogP contribution is -2.41. The van der Waals surface area contributed by atoms with Crippen LogP contribution in [0.4, 0.5) is 8.78 Å². The number of pyridine rings is 2. The molecule has 142 valence electrons. The van der Waals surface area contributed by atoms with Gasteiger partial charge in [-0.05, 0) is 48.4 Å². The molecule has 0 unspecified atom stereocenters. The first-order chi connectivity index (χ1) is 13.4. The number of aliphatic imine (C=N–C) groups is 1. The minimum atomic E-state index is -1.05. The number of nitrogens with zero attached hydrogens (tertiary/aromatic N) is 2. The number of nitrogens with one attached hydrogen (secondary N) is 2. The maximum atomic E-state index is 13.9. The van der Waals surface area contributed by atoms with Crippen LogP contribution in [0.3, 0.4) is 0 Å². The number of hydrogen-bond acceptors (Lipinski definition) is 4. The molecule has 2 N–H and O–H groups in total. The molecule has 0 saturated heterocycles. The highest BCUT2D eigenvalue weighted by Gasteiger charge is 2.45. The Hall–Kier alpha value is -3.06. The van der Waals surface area contributed by atoms with Crippen molar-refractivity contribution in [1.82, 2.24) is 15.3 Å². The van der Waals surface area contributed by atoms with E-state index in [0.717, 1.165) is 0 Å². The molecule has 4 rings (SSSR count). The van der Waals surface area contributed by atoms with Crippen molar-refractivity contribution in [3.05, 3.63) is 98.7 Å². The van der Waals surface area contributed by atoms with Crippen LogP contribution in [0, 0.1) is 11.8 Å². The normalized spacial score (nSPS) is 21.3. The number of halogens is 3. The van der Waals surface area contributed by atoms with Crippen molar-refractivity contribution in [2.24, 2.45) is 4.99 Å². The molecular formula is C20H15ClF2N4O. The number of aromatic amines is 1. The van der Waals surface area contributed by atoms with Crippen LogP contribution in [0.5, 0.6) is 0 Å². The van der Waals surface area contributed by atoms with Gasteiger partial charge in [0.1, 0.15) is 17.2 Å². The average molecular weight is 401 g/mol. The van der Waals surface area contributed by atoms with Crippen molar-refractivity contribution in [3.8, 4) is 0 Å². The largest absolute Gasteiger partial charge is 0.363 e. The molecule has 1 aliphatic rings. The minimum absolute atomic E-state index is 0.269. The van der Waals surface area contributed by atoms with Crippen LogP contribution in [0.2, 0.25) is 5.02 Å². The zero-order chi connectivity index (χ0) is 19.9. The van der Waals surface area contributed by atoms with E-state index in [1.54, 1.807) is 24.3 Å². The van der Waals surface area contributed by atoms with Crippen LogP contribution in [-0.2, 0) is 5.54 Å². The summed E-state index contributed by atoms with van der Waals surface area (Å²) in [6.45, 7) is 1.88. The molecule has 0 spiro atoms. The lowest BCUT2D eigenvalue weighted by molar-refractivity contribution is 0.448. The molecule has 0 bridgehead atoms. The second-order valence-corrected chi connectivity index (χ2v) is 6.98. The van der Waals surface area contributed by atoms with E-state index in [0.29, 0.717) is 22.7 Å². The van der Waals surface area contributed by atoms with Crippen molar-refractivity contribution in [3.63, 3.8) is 0 Å². The van der Waals surface area contributed by atoms with Crippen LogP contribution < -0.4 is 10.9 Å². The summed E-state index contributed by atoms with van der Waals surface area (Å²) in [5.74, 6) is -0.638. The Morgan fingerprint density at radius 1 is 1.07 bits per heavy atom. The zero-order valence-corrected chi connectivity index (χ0v) is 15.5. The lowest BCUT2D eigenvalue weighted by atomic mass is 9.79. The molecule has 2 atom stereocenters. The van der Waals surface area contributed by atoms with Gasteiger partial charge in [0.25, 0.3) is 0 Å². The predicted molar refractivity (Wildman–Crippen MR) is 103 cm³/mol. The molecule has 8 heteroatoms. The molecule has 0 fully saturated rings. The van der Waals surface area contributed by atoms with E-state index >= 15 is 0 Å². The standard InChI is InChI=1S/C20H15ClF2N4O/c1-11-20(12-2-4-15(22)5-3-12,13-6-7-24-17(23)8-13)27-19(25-11)16-9-14(21)10-18(28)26-16/h2-11H,1H3,(H,25,27)(H,26,28)/t11-,20-/m0/s1. The highest BCUT2D eigenvalue weighted by Crippen LogP contribution is 2.40. The molecular weight excluding hydrogens is 386 g/mol. The number of H-pyrrole nitrogens is 1. The maximum absolute atomic E-state index is 13.9. The molecule has 5 nitrogen and oxygen atoms in total. The predicted octanol–water partition coefficient (Wildman–Crippen LogP) is 3.38. The van der Waals surface area contributed by atoms with E-state index in [4.69, 9.17) is 16.6 Å². The zero-order valence-electron chi connectivity index (χ0n) is 14.7. The van der Waals surface area contributed by atoms with E-state index in [-0.39, 0.29) is 22.4 Å². The van der Waals surface area contributed by atoms with Crippen LogP contribution >= 0.6 is 11.6 Å². The van der Waals surface area contributed by atoms with Crippen molar-refractivity contribution < 1.29 is 8.78 Å². The Balaban J connectivity index is 1.96. The van der Waals surface area contributed by atoms with E-state index in [9.17, 15) is 13.6 Å². The van der Waals surface area contributed by atoms with E-state index in [2.05, 4.69) is 15.3 Å². The molecule has 1 aromatic carbocycles. The van der Waals surface area contributed by atoms with Crippen molar-refractivity contribution in [2.45, 2.75) is 18.5 Å². The third-order valence-electron chi connectivity index (χ3n) is 4.78. The number of aromatic nitrogens is 2. The van der Waals surface area contributed by atoms with Gasteiger partial charge in [0, 0.05) is 17.3 Å². The van der Waals surface area contributed by atoms with Crippen molar-refractivity contribution in [2.75, 3.05) is 0 Å². The van der Waals surface area contributed by atoms with Gasteiger partial charge in [-0.25, -0.2) is 14.4 Å². The second-order valence-electron chi connectivity index (χ2n) is 6.54. The molecule has 2 aromatic heterocycles. The summed E-state index contributed by atoms with van der Waals surface area (Å²) in [5.41, 5.74) is 0.202. The number of hydrogen-bond donors (Lipinski definition) is 2. The van der Waals surface area contributed by atoms with Gasteiger partial charge in [-0.2, -0.15) is 4.39 Å². The topological polar surface area (TPSA) is 70.1 Å². The Kier molecular flexibility index (Phi) is 4.47. The Labute approximate surface area is 164 Å². The monoisotopic (exact) mass is 400 g/mol. The SMILES string of the molecule is C[C@@H]1NC(c2cc(Cl)cc(=O)[nH]2)=N[C@@]1(c1ccc(F)cc1)c1ccnc(F)c1. The van der Waals surface area contributed by atoms with Crippen LogP contribution in [-0.4, -0.2) is 21.8 Å². The first kappa shape index (κ1) is 18.3. The maximum Gasteiger partial charge on any atom is 0.249 e. The Bertz CT molecular complexity index is 1130. The first-order valence-electron chi connectivity index (χ1n) is 8.53. The summed E-state index contributed by atoms with van der Waals surface area (Å²) < 4.78 is 27.4. The van der Waals surface area contributed by atoms with Gasteiger partial charge < -0.3 is 10.3 Å². The van der Waals surface area contributed by atoms with Gasteiger partial charge in [0.15, 0.2) is 0 Å². The first-order valence-corrected chi connectivity index (χ1v) is 8.91. The van der Waals surface area contributed by atoms with Gasteiger partial charge in [0.2, 0.25) is 11.5 Å². The summed E-state index contributed by atoms with van der Waals surface area (Å²) in [4.78, 5) is 22.9. The minimum Gasteiger partial charge on any atom is -0.363 e. The number of benzene rings is 1. The molecule has 0 aliphatic carbocycles. The number of rotatable bonds is 3. The van der Waals surface area contributed by atoms with E-state index < -0.39 is 11.5 Å². The van der Waals surface area contributed by atoms with Gasteiger partial charge in [-0.15, -0.1) is 0 Å². The van der Waals surface area contributed by atoms with Gasteiger partial charge in [-0.3, -0.25) is 4.79 Å². The summed E-state index contributed by atoms with van der Waals surface area (Å²) in [7, 11) is 0. The molecule has 1 aliphatic heterocycles. The Morgan fingerprint density at radius 3 is 2.50 bits per heavy atom. The second kappa shape index (κ2) is 6.83. The smallest absolute Gasteiger partial charge is 0.249 e. The fraction of sp³-hybridized carbons (Fsp3) is 0.150. The molecule has 3 heterocycles. The Morgan fingerprint density at radius 2 is 1.82 bits per heavy atom. The van der Waals surface area contributed by atoms with Crippen LogP contribution in [0.1, 0.15) is 23.7 Å². The molecule has 3 aromatic rings. The van der Waals surface area contributed by atoms with Gasteiger partial charge in [-0.1, -0.05) is 23.7 Å². The van der Waals surface area contributed by atoms with Gasteiger partial charge in [0.05, 0.1) is 11.7 Å².